The Kier molecular flexibility index (Phi) is 7.42. The number of rotatable bonds is 9. The molecule has 3 aromatic rings. The number of carbonyl (C=O) groups excluding carboxylic acids is 3. The van der Waals surface area contributed by atoms with Gasteiger partial charge in [-0.3, -0.25) is 24.5 Å². The van der Waals surface area contributed by atoms with Crippen LogP contribution in [0.25, 0.3) is 0 Å². The molecule has 1 atom stereocenters. The van der Waals surface area contributed by atoms with Crippen LogP contribution >= 0.6 is 0 Å². The lowest BCUT2D eigenvalue weighted by molar-refractivity contribution is -0.384. The Bertz CT molecular complexity index is 1120. The van der Waals surface area contributed by atoms with Crippen LogP contribution in [0.5, 0.6) is 0 Å². The Hall–Kier alpha value is -4.33. The van der Waals surface area contributed by atoms with E-state index in [4.69, 9.17) is 4.74 Å². The molecule has 0 aliphatic rings. The zero-order chi connectivity index (χ0) is 22.9. The van der Waals surface area contributed by atoms with Gasteiger partial charge >= 0.3 is 5.97 Å². The molecule has 0 heterocycles. The van der Waals surface area contributed by atoms with Crippen molar-refractivity contribution in [2.24, 2.45) is 0 Å². The second-order valence-electron chi connectivity index (χ2n) is 6.90. The molecule has 0 radical (unpaired) electrons. The molecule has 0 saturated carbocycles. The van der Waals surface area contributed by atoms with Crippen molar-refractivity contribution >= 4 is 23.3 Å². The topological polar surface area (TPSA) is 116 Å². The molecule has 3 rings (SSSR count). The molecule has 0 aliphatic heterocycles. The summed E-state index contributed by atoms with van der Waals surface area (Å²) < 4.78 is 5.09. The summed E-state index contributed by atoms with van der Waals surface area (Å²) in [4.78, 5) is 47.5. The van der Waals surface area contributed by atoms with Gasteiger partial charge in [0, 0.05) is 23.3 Å². The van der Waals surface area contributed by atoms with Crippen LogP contribution in [0.4, 0.5) is 5.69 Å². The van der Waals surface area contributed by atoms with E-state index in [1.807, 2.05) is 6.07 Å². The molecule has 0 unspecified atom stereocenters. The number of nitro groups is 1. The average Bonchev–Trinajstić information content (AvgIpc) is 2.83. The minimum atomic E-state index is -0.689. The molecule has 162 valence electrons. The molecule has 0 spiro atoms. The Morgan fingerprint density at radius 2 is 1.50 bits per heavy atom. The fourth-order valence-electron chi connectivity index (χ4n) is 3.02. The number of hydrogen-bond donors (Lipinski definition) is 1. The van der Waals surface area contributed by atoms with Gasteiger partial charge in [-0.2, -0.15) is 0 Å². The zero-order valence-electron chi connectivity index (χ0n) is 17.0. The summed E-state index contributed by atoms with van der Waals surface area (Å²) in [7, 11) is 0. The number of amides is 1. The normalized spacial score (nSPS) is 11.2. The van der Waals surface area contributed by atoms with E-state index >= 15 is 0 Å². The van der Waals surface area contributed by atoms with E-state index in [9.17, 15) is 24.5 Å². The monoisotopic (exact) mass is 432 g/mol. The first-order valence-corrected chi connectivity index (χ1v) is 9.78. The molecule has 0 bridgehead atoms. The van der Waals surface area contributed by atoms with Crippen LogP contribution in [0.2, 0.25) is 0 Å². The van der Waals surface area contributed by atoms with Crippen molar-refractivity contribution in [1.82, 2.24) is 5.32 Å². The molecular formula is C24H20N2O6. The minimum absolute atomic E-state index is 0.0731. The smallest absolute Gasteiger partial charge is 0.308 e. The number of benzene rings is 3. The van der Waals surface area contributed by atoms with E-state index in [0.717, 1.165) is 6.07 Å². The third-order valence-corrected chi connectivity index (χ3v) is 4.66. The van der Waals surface area contributed by atoms with Crippen molar-refractivity contribution in [3.8, 4) is 0 Å². The van der Waals surface area contributed by atoms with Crippen molar-refractivity contribution < 1.29 is 24.0 Å². The standard InChI is InChI=1S/C24H20N2O6/c27-22(19-12-7-13-20(14-19)26(30)31)16-32-23(28)15-21(17-8-3-1-4-9-17)25-24(29)18-10-5-2-6-11-18/h1-14,21H,15-16H2,(H,25,29)/t21-/m1/s1. The van der Waals surface area contributed by atoms with E-state index in [2.05, 4.69) is 5.32 Å². The van der Waals surface area contributed by atoms with Gasteiger partial charge in [-0.15, -0.1) is 0 Å². The SMILES string of the molecule is O=C(C[C@@H](NC(=O)c1ccccc1)c1ccccc1)OCC(=O)c1cccc([N+](=O)[O-])c1. The fraction of sp³-hybridized carbons (Fsp3) is 0.125. The molecule has 0 aliphatic carbocycles. The second-order valence-corrected chi connectivity index (χ2v) is 6.90. The third-order valence-electron chi connectivity index (χ3n) is 4.66. The molecule has 3 aromatic carbocycles. The molecule has 1 N–H and O–H groups in total. The summed E-state index contributed by atoms with van der Waals surface area (Å²) in [5, 5.41) is 13.7. The maximum atomic E-state index is 12.6. The molecule has 8 nitrogen and oxygen atoms in total. The summed E-state index contributed by atoms with van der Waals surface area (Å²) in [6.45, 7) is -0.561. The quantitative estimate of drug-likeness (QED) is 0.237. The summed E-state index contributed by atoms with van der Waals surface area (Å²) in [5.41, 5.74) is 1.00. The first-order chi connectivity index (χ1) is 15.4. The van der Waals surface area contributed by atoms with Gasteiger partial charge in [0.2, 0.25) is 5.78 Å². The van der Waals surface area contributed by atoms with E-state index in [-0.39, 0.29) is 23.6 Å². The lowest BCUT2D eigenvalue weighted by Crippen LogP contribution is -2.31. The highest BCUT2D eigenvalue weighted by Gasteiger charge is 2.21. The maximum Gasteiger partial charge on any atom is 0.308 e. The summed E-state index contributed by atoms with van der Waals surface area (Å²) in [6.07, 6.45) is -0.190. The lowest BCUT2D eigenvalue weighted by Gasteiger charge is -2.18. The molecule has 0 saturated heterocycles. The van der Waals surface area contributed by atoms with E-state index < -0.39 is 29.3 Å². The Balaban J connectivity index is 1.65. The molecule has 0 aromatic heterocycles. The molecule has 8 heteroatoms. The first kappa shape index (κ1) is 22.4. The van der Waals surface area contributed by atoms with Crippen molar-refractivity contribution in [3.63, 3.8) is 0 Å². The van der Waals surface area contributed by atoms with Crippen molar-refractivity contribution in [1.29, 1.82) is 0 Å². The van der Waals surface area contributed by atoms with Gasteiger partial charge < -0.3 is 10.1 Å². The van der Waals surface area contributed by atoms with Gasteiger partial charge in [0.1, 0.15) is 0 Å². The number of nitrogens with zero attached hydrogens (tertiary/aromatic N) is 1. The number of ketones is 1. The number of esters is 1. The minimum Gasteiger partial charge on any atom is -0.457 e. The van der Waals surface area contributed by atoms with Gasteiger partial charge in [-0.05, 0) is 17.7 Å². The van der Waals surface area contributed by atoms with Crippen LogP contribution in [0.3, 0.4) is 0 Å². The van der Waals surface area contributed by atoms with E-state index in [1.54, 1.807) is 54.6 Å². The van der Waals surface area contributed by atoms with Gasteiger partial charge in [-0.25, -0.2) is 0 Å². The number of nitro benzene ring substituents is 1. The van der Waals surface area contributed by atoms with Gasteiger partial charge in [0.25, 0.3) is 11.6 Å². The van der Waals surface area contributed by atoms with Gasteiger partial charge in [-0.1, -0.05) is 60.7 Å². The Labute approximate surface area is 184 Å². The highest BCUT2D eigenvalue weighted by Crippen LogP contribution is 2.19. The highest BCUT2D eigenvalue weighted by molar-refractivity contribution is 5.98. The molecule has 0 fully saturated rings. The van der Waals surface area contributed by atoms with Crippen molar-refractivity contribution in [2.75, 3.05) is 6.61 Å². The van der Waals surface area contributed by atoms with Crippen LogP contribution < -0.4 is 5.32 Å². The second kappa shape index (κ2) is 10.6. The molecule has 32 heavy (non-hydrogen) atoms. The molecule has 1 amide bonds. The summed E-state index contributed by atoms with van der Waals surface area (Å²) in [6, 6.07) is 22.1. The van der Waals surface area contributed by atoms with Crippen LogP contribution in [0, 0.1) is 10.1 Å². The van der Waals surface area contributed by atoms with E-state index in [1.165, 1.54) is 18.2 Å². The Morgan fingerprint density at radius 3 is 2.16 bits per heavy atom. The van der Waals surface area contributed by atoms with Gasteiger partial charge in [0.05, 0.1) is 17.4 Å². The maximum absolute atomic E-state index is 12.6. The van der Waals surface area contributed by atoms with Gasteiger partial charge in [0.15, 0.2) is 6.61 Å². The number of non-ortho nitro benzene ring substituents is 1. The number of ether oxygens (including phenoxy) is 1. The Morgan fingerprint density at radius 1 is 0.875 bits per heavy atom. The molecular weight excluding hydrogens is 412 g/mol. The van der Waals surface area contributed by atoms with Crippen molar-refractivity contribution in [2.45, 2.75) is 12.5 Å². The number of carbonyl (C=O) groups is 3. The lowest BCUT2D eigenvalue weighted by atomic mass is 10.0. The van der Waals surface area contributed by atoms with E-state index in [0.29, 0.717) is 11.1 Å². The highest BCUT2D eigenvalue weighted by atomic mass is 16.6. The largest absolute Gasteiger partial charge is 0.457 e. The summed E-state index contributed by atoms with van der Waals surface area (Å²) >= 11 is 0. The van der Waals surface area contributed by atoms with Crippen LogP contribution in [0.1, 0.15) is 38.7 Å². The van der Waals surface area contributed by atoms with Crippen molar-refractivity contribution in [3.05, 3.63) is 112 Å². The first-order valence-electron chi connectivity index (χ1n) is 9.78. The average molecular weight is 432 g/mol. The predicted molar refractivity (Wildman–Crippen MR) is 116 cm³/mol. The third kappa shape index (κ3) is 6.09. The summed E-state index contributed by atoms with van der Waals surface area (Å²) in [5.74, 6) is -1.60. The number of hydrogen-bond acceptors (Lipinski definition) is 6. The van der Waals surface area contributed by atoms with Crippen LogP contribution in [0.15, 0.2) is 84.9 Å². The van der Waals surface area contributed by atoms with Crippen LogP contribution in [-0.4, -0.2) is 29.2 Å². The van der Waals surface area contributed by atoms with Crippen LogP contribution in [-0.2, 0) is 9.53 Å². The number of nitrogens with one attached hydrogen (secondary N) is 1. The zero-order valence-corrected chi connectivity index (χ0v) is 17.0. The predicted octanol–water partition coefficient (Wildman–Crippen LogP) is 3.88. The fourth-order valence-corrected chi connectivity index (χ4v) is 3.02. The number of Topliss-reactive ketones (excluding diaryl/α,β-unsaturated/α-hetero) is 1.